The fourth-order valence-electron chi connectivity index (χ4n) is 7.19. The third kappa shape index (κ3) is 35.5. The highest BCUT2D eigenvalue weighted by Gasteiger charge is 2.23. The summed E-state index contributed by atoms with van der Waals surface area (Å²) in [7, 11) is 0. The molecule has 1 unspecified atom stereocenters. The van der Waals surface area contributed by atoms with Gasteiger partial charge in [0.25, 0.3) is 0 Å². The zero-order valence-electron chi connectivity index (χ0n) is 33.4. The van der Waals surface area contributed by atoms with E-state index in [0.717, 1.165) is 32.1 Å². The molecule has 0 radical (unpaired) electrons. The molecule has 0 aliphatic heterocycles. The molecular formula is C44H89NO4. The summed E-state index contributed by atoms with van der Waals surface area (Å²) in [5.74, 6) is -0.466. The lowest BCUT2D eigenvalue weighted by atomic mass is 10.0. The maximum absolute atomic E-state index is 12.5. The van der Waals surface area contributed by atoms with Crippen LogP contribution in [0, 0.1) is 0 Å². The maximum Gasteiger partial charge on any atom is 0.249 e. The molecule has 5 nitrogen and oxygen atoms in total. The lowest BCUT2D eigenvalue weighted by Gasteiger charge is -2.23. The molecule has 0 spiro atoms. The Balaban J connectivity index is 3.54. The zero-order chi connectivity index (χ0) is 35.9. The van der Waals surface area contributed by atoms with Crippen LogP contribution < -0.4 is 5.32 Å². The Hall–Kier alpha value is -0.650. The van der Waals surface area contributed by atoms with Gasteiger partial charge < -0.3 is 20.6 Å². The molecule has 0 rings (SSSR count). The van der Waals surface area contributed by atoms with E-state index < -0.39 is 24.2 Å². The van der Waals surface area contributed by atoms with Crippen LogP contribution in [0.1, 0.15) is 251 Å². The number of carbonyl (C=O) groups excluding carboxylic acids is 1. The molecule has 1 amide bonds. The van der Waals surface area contributed by atoms with E-state index in [1.54, 1.807) is 0 Å². The van der Waals surface area contributed by atoms with E-state index >= 15 is 0 Å². The van der Waals surface area contributed by atoms with Crippen molar-refractivity contribution in [3.8, 4) is 0 Å². The molecule has 3 atom stereocenters. The lowest BCUT2D eigenvalue weighted by Crippen LogP contribution is -2.49. The summed E-state index contributed by atoms with van der Waals surface area (Å²) in [6.45, 7) is 4.25. The van der Waals surface area contributed by atoms with Gasteiger partial charge in [-0.2, -0.15) is 0 Å². The molecule has 0 bridgehead atoms. The first-order valence-corrected chi connectivity index (χ1v) is 22.3. The topological polar surface area (TPSA) is 89.8 Å². The molecule has 4 N–H and O–H groups in total. The summed E-state index contributed by atoms with van der Waals surface area (Å²) < 4.78 is 0. The van der Waals surface area contributed by atoms with E-state index in [-0.39, 0.29) is 6.61 Å². The predicted molar refractivity (Wildman–Crippen MR) is 213 cm³/mol. The number of hydrogen-bond donors (Lipinski definition) is 4. The highest BCUT2D eigenvalue weighted by atomic mass is 16.3. The standard InChI is InChI=1S/C44H89NO4/c1-3-5-7-9-11-13-15-17-18-19-20-21-22-23-24-25-27-29-31-33-35-37-39-43(48)44(49)45-41(40-46)42(47)38-36-34-32-30-28-26-16-14-12-10-8-6-4-2/h41-43,46-48H,3-40H2,1-2H3,(H,45,49)/t41-,42+,43?/m0/s1. The smallest absolute Gasteiger partial charge is 0.249 e. The van der Waals surface area contributed by atoms with Crippen LogP contribution in [0.15, 0.2) is 0 Å². The highest BCUT2D eigenvalue weighted by Crippen LogP contribution is 2.17. The van der Waals surface area contributed by atoms with Crippen LogP contribution in [0.5, 0.6) is 0 Å². The van der Waals surface area contributed by atoms with E-state index in [1.165, 1.54) is 193 Å². The average molecular weight is 696 g/mol. The van der Waals surface area contributed by atoms with Crippen molar-refractivity contribution in [3.05, 3.63) is 0 Å². The van der Waals surface area contributed by atoms with Gasteiger partial charge in [-0.1, -0.05) is 239 Å². The van der Waals surface area contributed by atoms with Crippen LogP contribution in [0.4, 0.5) is 0 Å². The van der Waals surface area contributed by atoms with E-state index in [1.807, 2.05) is 0 Å². The van der Waals surface area contributed by atoms with Crippen molar-refractivity contribution >= 4 is 5.91 Å². The SMILES string of the molecule is CCCCCCCCCCCCCCCCCCCCCCCCC(O)C(=O)N[C@@H](CO)[C@H](O)CCCCCCCCCCCCCCC. The molecule has 49 heavy (non-hydrogen) atoms. The fraction of sp³-hybridized carbons (Fsp3) is 0.977. The second-order valence-corrected chi connectivity index (χ2v) is 15.6. The summed E-state index contributed by atoms with van der Waals surface area (Å²) in [5.41, 5.74) is 0. The van der Waals surface area contributed by atoms with E-state index in [9.17, 15) is 20.1 Å². The molecule has 0 saturated heterocycles. The Morgan fingerprint density at radius 2 is 0.653 bits per heavy atom. The van der Waals surface area contributed by atoms with Gasteiger partial charge in [-0.15, -0.1) is 0 Å². The molecule has 0 aromatic rings. The molecule has 0 aliphatic carbocycles. The Labute approximate surface area is 307 Å². The van der Waals surface area contributed by atoms with E-state index in [0.29, 0.717) is 12.8 Å². The van der Waals surface area contributed by atoms with Crippen LogP contribution in [0.25, 0.3) is 0 Å². The van der Waals surface area contributed by atoms with Crippen molar-refractivity contribution < 1.29 is 20.1 Å². The maximum atomic E-state index is 12.5. The largest absolute Gasteiger partial charge is 0.394 e. The van der Waals surface area contributed by atoms with Crippen molar-refractivity contribution in [2.75, 3.05) is 6.61 Å². The van der Waals surface area contributed by atoms with Crippen molar-refractivity contribution in [1.29, 1.82) is 0 Å². The number of hydrogen-bond acceptors (Lipinski definition) is 4. The zero-order valence-corrected chi connectivity index (χ0v) is 33.4. The summed E-state index contributed by atoms with van der Waals surface area (Å²) in [5, 5.41) is 33.3. The minimum absolute atomic E-state index is 0.308. The third-order valence-corrected chi connectivity index (χ3v) is 10.7. The monoisotopic (exact) mass is 696 g/mol. The van der Waals surface area contributed by atoms with Gasteiger partial charge in [-0.05, 0) is 12.8 Å². The van der Waals surface area contributed by atoms with Gasteiger partial charge in [0.1, 0.15) is 6.10 Å². The third-order valence-electron chi connectivity index (χ3n) is 10.7. The fourth-order valence-corrected chi connectivity index (χ4v) is 7.19. The van der Waals surface area contributed by atoms with Crippen LogP contribution >= 0.6 is 0 Å². The number of amides is 1. The van der Waals surface area contributed by atoms with Crippen molar-refractivity contribution in [1.82, 2.24) is 5.32 Å². The first-order valence-electron chi connectivity index (χ1n) is 22.3. The van der Waals surface area contributed by atoms with Crippen LogP contribution in [-0.2, 0) is 4.79 Å². The van der Waals surface area contributed by atoms with Gasteiger partial charge in [0, 0.05) is 0 Å². The minimum atomic E-state index is -1.07. The van der Waals surface area contributed by atoms with Gasteiger partial charge in [0.05, 0.1) is 18.8 Å². The minimum Gasteiger partial charge on any atom is -0.394 e. The molecule has 5 heteroatoms. The first-order chi connectivity index (χ1) is 24.1. The van der Waals surface area contributed by atoms with Gasteiger partial charge in [-0.3, -0.25) is 4.79 Å². The van der Waals surface area contributed by atoms with Crippen LogP contribution in [0.2, 0.25) is 0 Å². The van der Waals surface area contributed by atoms with Gasteiger partial charge in [-0.25, -0.2) is 0 Å². The van der Waals surface area contributed by atoms with Crippen molar-refractivity contribution in [2.24, 2.45) is 0 Å². The number of aliphatic hydroxyl groups is 3. The Morgan fingerprint density at radius 1 is 0.408 bits per heavy atom. The van der Waals surface area contributed by atoms with Crippen molar-refractivity contribution in [3.63, 3.8) is 0 Å². The molecule has 0 aromatic carbocycles. The van der Waals surface area contributed by atoms with Crippen molar-refractivity contribution in [2.45, 2.75) is 270 Å². The molecule has 0 aliphatic rings. The molecule has 0 aromatic heterocycles. The Bertz CT molecular complexity index is 644. The van der Waals surface area contributed by atoms with Crippen LogP contribution in [-0.4, -0.2) is 46.1 Å². The predicted octanol–water partition coefficient (Wildman–Crippen LogP) is 12.7. The molecular weight excluding hydrogens is 606 g/mol. The summed E-state index contributed by atoms with van der Waals surface area (Å²) in [4.78, 5) is 12.5. The molecule has 0 saturated carbocycles. The number of nitrogens with one attached hydrogen (secondary N) is 1. The quantitative estimate of drug-likeness (QED) is 0.0479. The number of unbranched alkanes of at least 4 members (excludes halogenated alkanes) is 33. The molecule has 0 heterocycles. The molecule has 0 fully saturated rings. The number of aliphatic hydroxyl groups excluding tert-OH is 3. The highest BCUT2D eigenvalue weighted by molar-refractivity contribution is 5.80. The van der Waals surface area contributed by atoms with Gasteiger partial charge >= 0.3 is 0 Å². The Morgan fingerprint density at radius 3 is 0.918 bits per heavy atom. The normalized spacial score (nSPS) is 13.5. The summed E-state index contributed by atoms with van der Waals surface area (Å²) in [6.07, 6.45) is 45.3. The van der Waals surface area contributed by atoms with Gasteiger partial charge in [0.2, 0.25) is 5.91 Å². The first kappa shape index (κ1) is 48.3. The van der Waals surface area contributed by atoms with Gasteiger partial charge in [0.15, 0.2) is 0 Å². The second-order valence-electron chi connectivity index (χ2n) is 15.6. The summed E-state index contributed by atoms with van der Waals surface area (Å²) in [6, 6.07) is -0.705. The number of rotatable bonds is 41. The second kappa shape index (κ2) is 40.1. The summed E-state index contributed by atoms with van der Waals surface area (Å²) >= 11 is 0. The van der Waals surface area contributed by atoms with E-state index in [4.69, 9.17) is 0 Å². The Kier molecular flexibility index (Phi) is 39.6. The van der Waals surface area contributed by atoms with E-state index in [2.05, 4.69) is 19.2 Å². The van der Waals surface area contributed by atoms with Crippen LogP contribution in [0.3, 0.4) is 0 Å². The average Bonchev–Trinajstić information content (AvgIpc) is 3.11. The number of carbonyl (C=O) groups is 1. The lowest BCUT2D eigenvalue weighted by molar-refractivity contribution is -0.131. The molecule has 294 valence electrons.